The van der Waals surface area contributed by atoms with E-state index in [9.17, 15) is 28.8 Å². The second-order valence-electron chi connectivity index (χ2n) is 10.6. The van der Waals surface area contributed by atoms with Crippen LogP contribution in [-0.4, -0.2) is 62.2 Å². The van der Waals surface area contributed by atoms with Gasteiger partial charge in [-0.2, -0.15) is 9.98 Å². The molecule has 1 aromatic rings. The minimum Gasteiger partial charge on any atom is -0.211 e. The Labute approximate surface area is 239 Å². The summed E-state index contributed by atoms with van der Waals surface area (Å²) in [7, 11) is 0. The zero-order valence-corrected chi connectivity index (χ0v) is 24.0. The Kier molecular flexibility index (Phi) is 19.0. The Morgan fingerprint density at radius 1 is 0.732 bits per heavy atom. The molecule has 0 heterocycles. The largest absolute Gasteiger partial charge is 0.240 e. The Hall–Kier alpha value is -4.50. The lowest BCUT2D eigenvalue weighted by Gasteiger charge is -2.44. The first-order chi connectivity index (χ1) is 19.6. The first-order valence-electron chi connectivity index (χ1n) is 13.0. The van der Waals surface area contributed by atoms with Gasteiger partial charge in [-0.1, -0.05) is 39.7 Å². The van der Waals surface area contributed by atoms with Gasteiger partial charge in [0.2, 0.25) is 36.5 Å². The summed E-state index contributed by atoms with van der Waals surface area (Å²) >= 11 is 0. The molecule has 0 bridgehead atoms. The zero-order chi connectivity index (χ0) is 31.0. The molecule has 41 heavy (non-hydrogen) atoms. The van der Waals surface area contributed by atoms with E-state index in [0.29, 0.717) is 31.0 Å². The fourth-order valence-corrected chi connectivity index (χ4v) is 4.80. The van der Waals surface area contributed by atoms with Crippen molar-refractivity contribution in [2.45, 2.75) is 78.7 Å². The topological polar surface area (TPSA) is 177 Å². The maximum atomic E-state index is 10.3. The molecule has 0 amide bonds. The minimum absolute atomic E-state index is 0.00750. The highest BCUT2D eigenvalue weighted by Crippen LogP contribution is 2.47. The van der Waals surface area contributed by atoms with Crippen LogP contribution in [0.25, 0.3) is 0 Å². The summed E-state index contributed by atoms with van der Waals surface area (Å²) in [5.41, 5.74) is 1.77. The monoisotopic (exact) mass is 564 g/mol. The van der Waals surface area contributed by atoms with Crippen LogP contribution in [0.5, 0.6) is 0 Å². The van der Waals surface area contributed by atoms with E-state index in [1.807, 2.05) is 0 Å². The Morgan fingerprint density at radius 3 is 1.83 bits per heavy atom. The quantitative estimate of drug-likeness (QED) is 0.187. The van der Waals surface area contributed by atoms with Crippen LogP contribution in [0.1, 0.15) is 71.3 Å². The van der Waals surface area contributed by atoms with Gasteiger partial charge in [0.25, 0.3) is 0 Å². The average molecular weight is 565 g/mol. The van der Waals surface area contributed by atoms with E-state index >= 15 is 0 Å². The van der Waals surface area contributed by atoms with Gasteiger partial charge < -0.3 is 0 Å². The molecule has 2 rings (SSSR count). The summed E-state index contributed by atoms with van der Waals surface area (Å²) in [6.07, 6.45) is 15.5. The molecule has 218 valence electrons. The number of hydrogen-bond donors (Lipinski definition) is 0. The van der Waals surface area contributed by atoms with Gasteiger partial charge in [0.05, 0.1) is 37.1 Å². The second-order valence-corrected chi connectivity index (χ2v) is 10.6. The van der Waals surface area contributed by atoms with Gasteiger partial charge in [-0.15, -0.1) is 0 Å². The maximum Gasteiger partial charge on any atom is 0.240 e. The van der Waals surface area contributed by atoms with Gasteiger partial charge in [0.1, 0.15) is 0 Å². The molecule has 0 saturated heterocycles. The van der Waals surface area contributed by atoms with Crippen molar-refractivity contribution in [2.75, 3.05) is 19.6 Å². The van der Waals surface area contributed by atoms with Gasteiger partial charge in [0, 0.05) is 0 Å². The highest BCUT2D eigenvalue weighted by Gasteiger charge is 2.41. The van der Waals surface area contributed by atoms with Crippen LogP contribution in [0.2, 0.25) is 0 Å². The molecule has 2 unspecified atom stereocenters. The summed E-state index contributed by atoms with van der Waals surface area (Å²) in [5.74, 6) is 0. The van der Waals surface area contributed by atoms with E-state index < -0.39 is 0 Å². The lowest BCUT2D eigenvalue weighted by atomic mass is 9.63. The molecular weight excluding hydrogens is 528 g/mol. The SMILES string of the molecule is CC1(C)CC(N=C=O)CC(C)(CN=C=O)C1.Cc1ccc(N=C=O)cc1N=C=O.O=C=NCCCCCCN=C=O. The Bertz CT molecular complexity index is 1240. The Balaban J connectivity index is 0.000000593. The van der Waals surface area contributed by atoms with Crippen LogP contribution in [-0.2, 0) is 28.8 Å². The van der Waals surface area contributed by atoms with Gasteiger partial charge in [0.15, 0.2) is 0 Å². The van der Waals surface area contributed by atoms with Crippen LogP contribution in [0.4, 0.5) is 11.4 Å². The molecule has 1 aliphatic carbocycles. The average Bonchev–Trinajstić information content (AvgIpc) is 2.91. The van der Waals surface area contributed by atoms with Gasteiger partial charge in [-0.25, -0.2) is 48.7 Å². The molecule has 12 heteroatoms. The zero-order valence-electron chi connectivity index (χ0n) is 24.0. The molecule has 0 aliphatic heterocycles. The molecule has 1 saturated carbocycles. The summed E-state index contributed by atoms with van der Waals surface area (Å²) in [6.45, 7) is 9.77. The van der Waals surface area contributed by atoms with E-state index in [4.69, 9.17) is 0 Å². The molecular formula is C29H36N6O6. The van der Waals surface area contributed by atoms with Crippen LogP contribution in [0, 0.1) is 17.8 Å². The van der Waals surface area contributed by atoms with Crippen molar-refractivity contribution in [3.63, 3.8) is 0 Å². The van der Waals surface area contributed by atoms with Crippen molar-refractivity contribution in [1.29, 1.82) is 0 Å². The number of unbranched alkanes of at least 4 members (excludes halogenated alkanes) is 3. The normalized spacial score (nSPS) is 17.7. The molecule has 0 spiro atoms. The smallest absolute Gasteiger partial charge is 0.211 e. The summed E-state index contributed by atoms with van der Waals surface area (Å²) in [4.78, 5) is 80.9. The van der Waals surface area contributed by atoms with E-state index in [-0.39, 0.29) is 16.9 Å². The predicted octanol–water partition coefficient (Wildman–Crippen LogP) is 5.39. The van der Waals surface area contributed by atoms with E-state index in [0.717, 1.165) is 50.5 Å². The van der Waals surface area contributed by atoms with Crippen LogP contribution in [0.3, 0.4) is 0 Å². The van der Waals surface area contributed by atoms with Crippen LogP contribution >= 0.6 is 0 Å². The summed E-state index contributed by atoms with van der Waals surface area (Å²) in [5, 5.41) is 0. The van der Waals surface area contributed by atoms with Gasteiger partial charge >= 0.3 is 0 Å². The standard InChI is InChI=1S/C12H18N2O2.C9H6N2O2.C8H12N2O2/c1-11(2)4-10(14-9-16)5-12(3,6-11)7-13-8-15;1-7-2-3-8(10-5-12)4-9(7)11-6-13;11-7-9-5-3-1-2-4-6-10-8-12/h10H,4-7H2,1-3H3;2-4H,1H3;1-6H2. The van der Waals surface area contributed by atoms with E-state index in [1.54, 1.807) is 31.2 Å². The number of benzene rings is 1. The molecule has 2 atom stereocenters. The van der Waals surface area contributed by atoms with Crippen molar-refractivity contribution in [1.82, 2.24) is 0 Å². The van der Waals surface area contributed by atoms with Crippen molar-refractivity contribution < 1.29 is 28.8 Å². The summed E-state index contributed by atoms with van der Waals surface area (Å²) < 4.78 is 0. The molecule has 1 aromatic carbocycles. The first-order valence-corrected chi connectivity index (χ1v) is 13.0. The minimum atomic E-state index is -0.0653. The number of nitrogens with zero attached hydrogens (tertiary/aromatic N) is 6. The lowest BCUT2D eigenvalue weighted by Crippen LogP contribution is -2.39. The lowest BCUT2D eigenvalue weighted by molar-refractivity contribution is 0.0915. The number of aryl methyl sites for hydroxylation is 1. The third-order valence-corrected chi connectivity index (χ3v) is 6.14. The van der Waals surface area contributed by atoms with Gasteiger partial charge in [-0.05, 0) is 67.6 Å². The maximum absolute atomic E-state index is 10.3. The fourth-order valence-electron chi connectivity index (χ4n) is 4.80. The highest BCUT2D eigenvalue weighted by molar-refractivity contribution is 5.61. The summed E-state index contributed by atoms with van der Waals surface area (Å²) in [6, 6.07) is 4.88. The fraction of sp³-hybridized carbons (Fsp3) is 0.586. The van der Waals surface area contributed by atoms with E-state index in [2.05, 4.69) is 50.7 Å². The molecule has 0 radical (unpaired) electrons. The van der Waals surface area contributed by atoms with E-state index in [1.165, 1.54) is 30.4 Å². The van der Waals surface area contributed by atoms with Crippen LogP contribution < -0.4 is 0 Å². The third-order valence-electron chi connectivity index (χ3n) is 6.14. The van der Waals surface area contributed by atoms with Crippen molar-refractivity contribution in [3.05, 3.63) is 23.8 Å². The molecule has 0 aromatic heterocycles. The molecule has 1 aliphatic rings. The number of isocyanates is 6. The number of aliphatic imine (C=N–C) groups is 6. The number of rotatable bonds is 12. The number of hydrogen-bond acceptors (Lipinski definition) is 12. The first kappa shape index (κ1) is 36.5. The molecule has 1 fully saturated rings. The van der Waals surface area contributed by atoms with Gasteiger partial charge in [-0.3, -0.25) is 0 Å². The van der Waals surface area contributed by atoms with Crippen LogP contribution in [0.15, 0.2) is 48.2 Å². The van der Waals surface area contributed by atoms with Crippen molar-refractivity contribution in [2.24, 2.45) is 40.8 Å². The third kappa shape index (κ3) is 17.7. The highest BCUT2D eigenvalue weighted by atomic mass is 16.1. The number of carbonyl (C=O) groups excluding carboxylic acids is 6. The van der Waals surface area contributed by atoms with Crippen molar-refractivity contribution in [3.8, 4) is 0 Å². The molecule has 12 nitrogen and oxygen atoms in total. The second kappa shape index (κ2) is 21.3. The van der Waals surface area contributed by atoms with Crippen molar-refractivity contribution >= 4 is 47.9 Å². The predicted molar refractivity (Wildman–Crippen MR) is 152 cm³/mol. The molecule has 0 N–H and O–H groups in total. The Morgan fingerprint density at radius 2 is 1.32 bits per heavy atom.